The molecule has 0 aliphatic carbocycles. The number of rotatable bonds is 6. The Kier molecular flexibility index (Phi) is 5.36. The van der Waals surface area contributed by atoms with Crippen molar-refractivity contribution in [3.05, 3.63) is 24.3 Å². The van der Waals surface area contributed by atoms with Crippen molar-refractivity contribution in [1.29, 1.82) is 0 Å². The molecule has 0 bridgehead atoms. The van der Waals surface area contributed by atoms with Crippen molar-refractivity contribution in [2.24, 2.45) is 5.41 Å². The lowest BCUT2D eigenvalue weighted by atomic mass is 9.77. The fourth-order valence-electron chi connectivity index (χ4n) is 2.34. The summed E-state index contributed by atoms with van der Waals surface area (Å²) in [5.74, 6) is -0.604. The molecule has 0 aromatic rings. The molecule has 1 N–H and O–H groups in total. The summed E-state index contributed by atoms with van der Waals surface area (Å²) in [4.78, 5) is 0. The fourth-order valence-corrected chi connectivity index (χ4v) is 2.34. The van der Waals surface area contributed by atoms with E-state index in [0.717, 1.165) is 12.8 Å². The summed E-state index contributed by atoms with van der Waals surface area (Å²) in [6.07, 6.45) is 4.92. The topological polar surface area (TPSA) is 38.7 Å². The van der Waals surface area contributed by atoms with Crippen LogP contribution in [-0.2, 0) is 9.47 Å². The van der Waals surface area contributed by atoms with Crippen LogP contribution in [0.25, 0.3) is 0 Å². The zero-order chi connectivity index (χ0) is 14.7. The van der Waals surface area contributed by atoms with Crippen molar-refractivity contribution in [2.45, 2.75) is 65.5 Å². The molecular formula is C16H28O3. The van der Waals surface area contributed by atoms with Gasteiger partial charge in [-0.25, -0.2) is 0 Å². The van der Waals surface area contributed by atoms with E-state index in [2.05, 4.69) is 26.5 Å². The highest BCUT2D eigenvalue weighted by Gasteiger charge is 2.43. The van der Waals surface area contributed by atoms with Crippen molar-refractivity contribution < 1.29 is 14.6 Å². The third-order valence-corrected chi connectivity index (χ3v) is 3.76. The molecular weight excluding hydrogens is 240 g/mol. The third-order valence-electron chi connectivity index (χ3n) is 3.76. The highest BCUT2D eigenvalue weighted by atomic mass is 16.7. The molecule has 0 amide bonds. The highest BCUT2D eigenvalue weighted by molar-refractivity contribution is 5.03. The third kappa shape index (κ3) is 4.44. The molecule has 1 rings (SSSR count). The second-order valence-electron chi connectivity index (χ2n) is 6.34. The SMILES string of the molecule is C=C[C@](C)(CCC=C(C)C)[C@@H](O)[C@H]1COC(C)(C)O1. The highest BCUT2D eigenvalue weighted by Crippen LogP contribution is 2.36. The van der Waals surface area contributed by atoms with Crippen LogP contribution in [0, 0.1) is 5.41 Å². The van der Waals surface area contributed by atoms with Gasteiger partial charge < -0.3 is 14.6 Å². The fraction of sp³-hybridized carbons (Fsp3) is 0.750. The van der Waals surface area contributed by atoms with Crippen LogP contribution in [0.2, 0.25) is 0 Å². The summed E-state index contributed by atoms with van der Waals surface area (Å²) in [6, 6.07) is 0. The van der Waals surface area contributed by atoms with Gasteiger partial charge >= 0.3 is 0 Å². The summed E-state index contributed by atoms with van der Waals surface area (Å²) in [7, 11) is 0. The monoisotopic (exact) mass is 268 g/mol. The van der Waals surface area contributed by atoms with E-state index < -0.39 is 11.9 Å². The lowest BCUT2D eigenvalue weighted by Gasteiger charge is -2.34. The Balaban J connectivity index is 2.67. The second-order valence-corrected chi connectivity index (χ2v) is 6.34. The molecule has 3 heteroatoms. The van der Waals surface area contributed by atoms with Crippen molar-refractivity contribution in [3.63, 3.8) is 0 Å². The van der Waals surface area contributed by atoms with Crippen LogP contribution in [0.1, 0.15) is 47.5 Å². The Morgan fingerprint density at radius 2 is 2.16 bits per heavy atom. The lowest BCUT2D eigenvalue weighted by Crippen LogP contribution is -2.42. The molecule has 19 heavy (non-hydrogen) atoms. The van der Waals surface area contributed by atoms with Gasteiger partial charge in [-0.3, -0.25) is 0 Å². The average molecular weight is 268 g/mol. The maximum Gasteiger partial charge on any atom is 0.163 e. The summed E-state index contributed by atoms with van der Waals surface area (Å²) < 4.78 is 11.3. The molecule has 0 aromatic carbocycles. The molecule has 3 atom stereocenters. The minimum Gasteiger partial charge on any atom is -0.389 e. The van der Waals surface area contributed by atoms with Crippen molar-refractivity contribution in [3.8, 4) is 0 Å². The first-order valence-electron chi connectivity index (χ1n) is 6.97. The van der Waals surface area contributed by atoms with E-state index in [1.165, 1.54) is 5.57 Å². The summed E-state index contributed by atoms with van der Waals surface area (Å²) in [6.45, 7) is 14.2. The van der Waals surface area contributed by atoms with Gasteiger partial charge in [0.25, 0.3) is 0 Å². The van der Waals surface area contributed by atoms with Gasteiger partial charge in [0.1, 0.15) is 6.10 Å². The first-order chi connectivity index (χ1) is 8.70. The van der Waals surface area contributed by atoms with Crippen LogP contribution in [-0.4, -0.2) is 29.7 Å². The first kappa shape index (κ1) is 16.4. The molecule has 0 unspecified atom stereocenters. The van der Waals surface area contributed by atoms with E-state index in [9.17, 15) is 5.11 Å². The van der Waals surface area contributed by atoms with Crippen molar-refractivity contribution in [2.75, 3.05) is 6.61 Å². The molecule has 110 valence electrons. The maximum absolute atomic E-state index is 10.6. The normalized spacial score (nSPS) is 26.5. The molecule has 1 saturated heterocycles. The summed E-state index contributed by atoms with van der Waals surface area (Å²) in [5.41, 5.74) is 0.933. The molecule has 1 aliphatic rings. The number of aliphatic hydroxyl groups is 1. The molecule has 3 nitrogen and oxygen atoms in total. The van der Waals surface area contributed by atoms with Gasteiger partial charge in [0.05, 0.1) is 12.7 Å². The van der Waals surface area contributed by atoms with Gasteiger partial charge in [-0.05, 0) is 40.5 Å². The zero-order valence-electron chi connectivity index (χ0n) is 12.9. The van der Waals surface area contributed by atoms with E-state index in [1.54, 1.807) is 0 Å². The Bertz CT molecular complexity index is 342. The van der Waals surface area contributed by atoms with Gasteiger partial charge in [0.15, 0.2) is 5.79 Å². The Hall–Kier alpha value is -0.640. The Morgan fingerprint density at radius 1 is 1.53 bits per heavy atom. The largest absolute Gasteiger partial charge is 0.389 e. The molecule has 1 fully saturated rings. The standard InChI is InChI=1S/C16H28O3/c1-7-16(6,10-8-9-12(2)3)14(17)13-11-18-15(4,5)19-13/h7,9,13-14,17H,1,8,10-11H2,2-6H3/t13-,14+,16-/m1/s1. The summed E-state index contributed by atoms with van der Waals surface area (Å²) in [5, 5.41) is 10.6. The van der Waals surface area contributed by atoms with Crippen LogP contribution in [0.15, 0.2) is 24.3 Å². The molecule has 0 radical (unpaired) electrons. The molecule has 0 saturated carbocycles. The van der Waals surface area contributed by atoms with Gasteiger partial charge in [0.2, 0.25) is 0 Å². The van der Waals surface area contributed by atoms with E-state index in [4.69, 9.17) is 9.47 Å². The van der Waals surface area contributed by atoms with Crippen molar-refractivity contribution >= 4 is 0 Å². The number of hydrogen-bond donors (Lipinski definition) is 1. The minimum absolute atomic E-state index is 0.287. The quantitative estimate of drug-likeness (QED) is 0.750. The Morgan fingerprint density at radius 3 is 2.58 bits per heavy atom. The van der Waals surface area contributed by atoms with Crippen LogP contribution < -0.4 is 0 Å². The van der Waals surface area contributed by atoms with Gasteiger partial charge in [-0.2, -0.15) is 0 Å². The van der Waals surface area contributed by atoms with Gasteiger partial charge in [-0.15, -0.1) is 6.58 Å². The smallest absolute Gasteiger partial charge is 0.163 e. The maximum atomic E-state index is 10.6. The number of aliphatic hydroxyl groups excluding tert-OH is 1. The predicted molar refractivity (Wildman–Crippen MR) is 77.9 cm³/mol. The van der Waals surface area contributed by atoms with E-state index in [0.29, 0.717) is 6.61 Å². The number of ether oxygens (including phenoxy) is 2. The van der Waals surface area contributed by atoms with Crippen LogP contribution in [0.4, 0.5) is 0 Å². The lowest BCUT2D eigenvalue weighted by molar-refractivity contribution is -0.159. The molecule has 1 heterocycles. The average Bonchev–Trinajstić information content (AvgIpc) is 2.68. The van der Waals surface area contributed by atoms with Crippen LogP contribution >= 0.6 is 0 Å². The predicted octanol–water partition coefficient (Wildman–Crippen LogP) is 3.44. The first-order valence-corrected chi connectivity index (χ1v) is 6.97. The molecule has 1 aliphatic heterocycles. The van der Waals surface area contributed by atoms with E-state index in [-0.39, 0.29) is 11.5 Å². The van der Waals surface area contributed by atoms with E-state index in [1.807, 2.05) is 26.8 Å². The van der Waals surface area contributed by atoms with Gasteiger partial charge in [0, 0.05) is 5.41 Å². The summed E-state index contributed by atoms with van der Waals surface area (Å²) >= 11 is 0. The van der Waals surface area contributed by atoms with Crippen LogP contribution in [0.3, 0.4) is 0 Å². The van der Waals surface area contributed by atoms with Crippen LogP contribution in [0.5, 0.6) is 0 Å². The van der Waals surface area contributed by atoms with Crippen molar-refractivity contribution in [1.82, 2.24) is 0 Å². The second kappa shape index (κ2) is 6.21. The number of hydrogen-bond acceptors (Lipinski definition) is 3. The van der Waals surface area contributed by atoms with Gasteiger partial charge in [-0.1, -0.05) is 24.6 Å². The molecule has 0 spiro atoms. The van der Waals surface area contributed by atoms with E-state index >= 15 is 0 Å². The number of allylic oxidation sites excluding steroid dienone is 2. The zero-order valence-corrected chi connectivity index (χ0v) is 12.9. The minimum atomic E-state index is -0.604. The Labute approximate surface area is 117 Å². The molecule has 0 aromatic heterocycles.